The summed E-state index contributed by atoms with van der Waals surface area (Å²) in [6.45, 7) is 2.97. The van der Waals surface area contributed by atoms with Gasteiger partial charge in [-0.1, -0.05) is 0 Å². The van der Waals surface area contributed by atoms with Gasteiger partial charge < -0.3 is 14.5 Å². The molecule has 0 amide bonds. The molecule has 0 unspecified atom stereocenters. The Kier molecular flexibility index (Phi) is 4.23. The van der Waals surface area contributed by atoms with Gasteiger partial charge in [-0.25, -0.2) is 9.36 Å². The van der Waals surface area contributed by atoms with Gasteiger partial charge in [0.1, 0.15) is 5.72 Å². The van der Waals surface area contributed by atoms with E-state index in [1.54, 1.807) is 13.8 Å². The SMILES string of the molecule is Cc1cn([C@@]2(C)CC[C@@H](COP(=O)(O)O)O2)c(=O)[nH]c1=O. The van der Waals surface area contributed by atoms with Crippen LogP contribution in [-0.2, 0) is 19.6 Å². The van der Waals surface area contributed by atoms with Crippen molar-refractivity contribution in [2.75, 3.05) is 6.61 Å². The molecule has 2 rings (SSSR count). The Balaban J connectivity index is 2.18. The summed E-state index contributed by atoms with van der Waals surface area (Å²) >= 11 is 0. The normalized spacial score (nSPS) is 26.2. The summed E-state index contributed by atoms with van der Waals surface area (Å²) in [6.07, 6.45) is 1.80. The van der Waals surface area contributed by atoms with E-state index in [-0.39, 0.29) is 6.61 Å². The Morgan fingerprint density at radius 2 is 2.24 bits per heavy atom. The second-order valence-corrected chi connectivity index (χ2v) is 6.42. The molecule has 0 saturated carbocycles. The number of hydrogen-bond donors (Lipinski definition) is 3. The molecule has 3 N–H and O–H groups in total. The van der Waals surface area contributed by atoms with Crippen molar-refractivity contribution in [3.63, 3.8) is 0 Å². The number of phosphoric ester groups is 1. The molecule has 0 aliphatic carbocycles. The monoisotopic (exact) mass is 320 g/mol. The number of aromatic amines is 1. The Bertz CT molecular complexity index is 691. The first-order valence-corrected chi connectivity index (χ1v) is 7.85. The van der Waals surface area contributed by atoms with Gasteiger partial charge in [-0.2, -0.15) is 0 Å². The van der Waals surface area contributed by atoms with E-state index in [1.165, 1.54) is 10.8 Å². The lowest BCUT2D eigenvalue weighted by Crippen LogP contribution is -2.43. The van der Waals surface area contributed by atoms with E-state index in [2.05, 4.69) is 9.51 Å². The van der Waals surface area contributed by atoms with E-state index in [0.29, 0.717) is 18.4 Å². The molecule has 1 aliphatic rings. The van der Waals surface area contributed by atoms with Gasteiger partial charge >= 0.3 is 13.5 Å². The molecule has 0 radical (unpaired) electrons. The molecule has 10 heteroatoms. The lowest BCUT2D eigenvalue weighted by atomic mass is 10.1. The van der Waals surface area contributed by atoms with Crippen molar-refractivity contribution in [3.8, 4) is 0 Å². The number of aromatic nitrogens is 2. The van der Waals surface area contributed by atoms with Crippen LogP contribution in [0.25, 0.3) is 0 Å². The topological polar surface area (TPSA) is 131 Å². The van der Waals surface area contributed by atoms with Gasteiger partial charge in [0.2, 0.25) is 0 Å². The third-order valence-electron chi connectivity index (χ3n) is 3.41. The molecule has 1 aliphatic heterocycles. The fourth-order valence-electron chi connectivity index (χ4n) is 2.30. The number of H-pyrrole nitrogens is 1. The molecule has 1 aromatic rings. The third kappa shape index (κ3) is 3.69. The standard InChI is InChI=1S/C11H17N2O7P/c1-7-5-13(10(15)12-9(7)14)11(2)4-3-8(20-11)6-19-21(16,17)18/h5,8H,3-4,6H2,1-2H3,(H,12,14,15)(H2,16,17,18)/t8-,11+/m0/s1. The van der Waals surface area contributed by atoms with E-state index in [9.17, 15) is 14.2 Å². The average molecular weight is 320 g/mol. The Hall–Kier alpha value is -1.25. The predicted molar refractivity (Wildman–Crippen MR) is 71.8 cm³/mol. The van der Waals surface area contributed by atoms with Gasteiger partial charge in [0.25, 0.3) is 5.56 Å². The number of aryl methyl sites for hydroxylation is 1. The minimum Gasteiger partial charge on any atom is -0.350 e. The number of hydrogen-bond acceptors (Lipinski definition) is 5. The number of nitrogens with one attached hydrogen (secondary N) is 1. The minimum atomic E-state index is -4.55. The average Bonchev–Trinajstić information content (AvgIpc) is 2.73. The molecule has 2 heterocycles. The number of phosphoric acid groups is 1. The molecular formula is C11H17N2O7P. The molecule has 118 valence electrons. The van der Waals surface area contributed by atoms with E-state index in [4.69, 9.17) is 14.5 Å². The second kappa shape index (κ2) is 5.51. The summed E-state index contributed by atoms with van der Waals surface area (Å²) in [7, 11) is -4.55. The van der Waals surface area contributed by atoms with E-state index < -0.39 is 30.9 Å². The van der Waals surface area contributed by atoms with Crippen molar-refractivity contribution < 1.29 is 23.6 Å². The lowest BCUT2D eigenvalue weighted by molar-refractivity contribution is -0.0994. The first kappa shape index (κ1) is 16.1. The van der Waals surface area contributed by atoms with Crippen LogP contribution in [0.3, 0.4) is 0 Å². The zero-order valence-electron chi connectivity index (χ0n) is 11.6. The highest BCUT2D eigenvalue weighted by Gasteiger charge is 2.39. The van der Waals surface area contributed by atoms with Crippen molar-refractivity contribution in [1.82, 2.24) is 9.55 Å². The predicted octanol–water partition coefficient (Wildman–Crippen LogP) is -0.194. The molecule has 1 aromatic heterocycles. The molecule has 2 atom stereocenters. The maximum Gasteiger partial charge on any atom is 0.469 e. The molecule has 0 aromatic carbocycles. The highest BCUT2D eigenvalue weighted by molar-refractivity contribution is 7.46. The van der Waals surface area contributed by atoms with Gasteiger partial charge in [0.15, 0.2) is 0 Å². The van der Waals surface area contributed by atoms with E-state index >= 15 is 0 Å². The minimum absolute atomic E-state index is 0.267. The van der Waals surface area contributed by atoms with Gasteiger partial charge in [0, 0.05) is 11.8 Å². The van der Waals surface area contributed by atoms with Gasteiger partial charge in [0.05, 0.1) is 12.7 Å². The van der Waals surface area contributed by atoms with Crippen molar-refractivity contribution in [2.45, 2.75) is 38.5 Å². The lowest BCUT2D eigenvalue weighted by Gasteiger charge is -2.27. The molecule has 21 heavy (non-hydrogen) atoms. The first-order valence-electron chi connectivity index (χ1n) is 6.32. The maximum atomic E-state index is 11.9. The molecule has 0 spiro atoms. The van der Waals surface area contributed by atoms with Crippen molar-refractivity contribution in [2.24, 2.45) is 0 Å². The van der Waals surface area contributed by atoms with Crippen molar-refractivity contribution in [3.05, 3.63) is 32.6 Å². The van der Waals surface area contributed by atoms with Crippen LogP contribution in [0.4, 0.5) is 0 Å². The Morgan fingerprint density at radius 3 is 2.86 bits per heavy atom. The van der Waals surface area contributed by atoms with Crippen molar-refractivity contribution in [1.29, 1.82) is 0 Å². The summed E-state index contributed by atoms with van der Waals surface area (Å²) in [4.78, 5) is 42.8. The van der Waals surface area contributed by atoms with E-state index in [0.717, 1.165) is 0 Å². The quantitative estimate of drug-likeness (QED) is 0.655. The van der Waals surface area contributed by atoms with E-state index in [1.807, 2.05) is 0 Å². The zero-order valence-corrected chi connectivity index (χ0v) is 12.5. The second-order valence-electron chi connectivity index (χ2n) is 5.18. The van der Waals surface area contributed by atoms with Crippen LogP contribution in [0.2, 0.25) is 0 Å². The summed E-state index contributed by atoms with van der Waals surface area (Å²) in [6, 6.07) is 0. The molecule has 1 fully saturated rings. The zero-order chi connectivity index (χ0) is 15.8. The molecular weight excluding hydrogens is 303 g/mol. The van der Waals surface area contributed by atoms with Crippen molar-refractivity contribution >= 4 is 7.82 Å². The fraction of sp³-hybridized carbons (Fsp3) is 0.636. The van der Waals surface area contributed by atoms with Gasteiger partial charge in [-0.15, -0.1) is 0 Å². The summed E-state index contributed by atoms with van der Waals surface area (Å²) < 4.78 is 22.0. The highest BCUT2D eigenvalue weighted by Crippen LogP contribution is 2.39. The smallest absolute Gasteiger partial charge is 0.350 e. The Morgan fingerprint density at radius 1 is 1.57 bits per heavy atom. The highest BCUT2D eigenvalue weighted by atomic mass is 31.2. The van der Waals surface area contributed by atoms with Crippen LogP contribution < -0.4 is 11.2 Å². The maximum absolute atomic E-state index is 11.9. The van der Waals surface area contributed by atoms with Crippen LogP contribution in [0.15, 0.2) is 15.8 Å². The largest absolute Gasteiger partial charge is 0.469 e. The summed E-state index contributed by atoms with van der Waals surface area (Å²) in [5.74, 6) is 0. The van der Waals surface area contributed by atoms with Crippen LogP contribution >= 0.6 is 7.82 Å². The van der Waals surface area contributed by atoms with Crippen LogP contribution in [-0.4, -0.2) is 32.0 Å². The van der Waals surface area contributed by atoms with Crippen LogP contribution in [0.5, 0.6) is 0 Å². The molecule has 1 saturated heterocycles. The number of nitrogens with zero attached hydrogens (tertiary/aromatic N) is 1. The summed E-state index contributed by atoms with van der Waals surface area (Å²) in [5, 5.41) is 0. The molecule has 0 bridgehead atoms. The van der Waals surface area contributed by atoms with Crippen LogP contribution in [0.1, 0.15) is 25.3 Å². The van der Waals surface area contributed by atoms with Gasteiger partial charge in [-0.05, 0) is 26.7 Å². The number of rotatable bonds is 4. The first-order chi connectivity index (χ1) is 9.61. The number of ether oxygens (including phenoxy) is 1. The summed E-state index contributed by atoms with van der Waals surface area (Å²) in [5.41, 5.74) is -1.67. The molecule has 9 nitrogen and oxygen atoms in total. The third-order valence-corrected chi connectivity index (χ3v) is 3.89. The van der Waals surface area contributed by atoms with Gasteiger partial charge in [-0.3, -0.25) is 18.9 Å². The fourth-order valence-corrected chi connectivity index (χ4v) is 2.66. The Labute approximate surface area is 119 Å². The van der Waals surface area contributed by atoms with Crippen LogP contribution in [0, 0.1) is 6.92 Å².